The SMILES string of the molecule is Clc1ccc(C=CC=Nc2ccc3oc(-c4ccccc4)nc3c2)c(Cl)c1. The van der Waals surface area contributed by atoms with E-state index >= 15 is 0 Å². The second-order valence-corrected chi connectivity index (χ2v) is 6.68. The molecule has 0 amide bonds. The van der Waals surface area contributed by atoms with Crippen LogP contribution in [0, 0.1) is 0 Å². The molecule has 1 heterocycles. The number of aliphatic imine (C=N–C) groups is 1. The summed E-state index contributed by atoms with van der Waals surface area (Å²) in [7, 11) is 0. The van der Waals surface area contributed by atoms with Gasteiger partial charge in [-0.25, -0.2) is 4.98 Å². The Morgan fingerprint density at radius 1 is 0.926 bits per heavy atom. The molecule has 0 N–H and O–H groups in total. The smallest absolute Gasteiger partial charge is 0.227 e. The lowest BCUT2D eigenvalue weighted by Crippen LogP contribution is -1.76. The molecule has 0 fully saturated rings. The molecule has 0 unspecified atom stereocenters. The van der Waals surface area contributed by atoms with Crippen molar-refractivity contribution in [2.45, 2.75) is 0 Å². The Morgan fingerprint density at radius 2 is 1.78 bits per heavy atom. The average Bonchev–Trinajstić information content (AvgIpc) is 3.11. The van der Waals surface area contributed by atoms with Gasteiger partial charge in [0.05, 0.1) is 5.69 Å². The van der Waals surface area contributed by atoms with Crippen LogP contribution in [0.1, 0.15) is 5.56 Å². The number of allylic oxidation sites excluding steroid dienone is 1. The summed E-state index contributed by atoms with van der Waals surface area (Å²) in [5.41, 5.74) is 4.13. The molecule has 0 saturated heterocycles. The standard InChI is InChI=1S/C22H14Cl2N2O/c23-17-9-8-15(19(24)13-17)7-4-12-25-18-10-11-21-20(14-18)26-22(27-21)16-5-2-1-3-6-16/h1-14H. The second-order valence-electron chi connectivity index (χ2n) is 5.84. The highest BCUT2D eigenvalue weighted by molar-refractivity contribution is 6.35. The zero-order chi connectivity index (χ0) is 18.6. The Hall–Kier alpha value is -2.88. The Labute approximate surface area is 166 Å². The molecule has 0 atom stereocenters. The molecule has 0 aliphatic carbocycles. The molecule has 5 heteroatoms. The van der Waals surface area contributed by atoms with E-state index in [9.17, 15) is 0 Å². The minimum Gasteiger partial charge on any atom is -0.436 e. The summed E-state index contributed by atoms with van der Waals surface area (Å²) in [6, 6.07) is 20.8. The Morgan fingerprint density at radius 3 is 2.59 bits per heavy atom. The van der Waals surface area contributed by atoms with Gasteiger partial charge < -0.3 is 4.42 Å². The zero-order valence-electron chi connectivity index (χ0n) is 14.1. The molecule has 0 bridgehead atoms. The average molecular weight is 393 g/mol. The van der Waals surface area contributed by atoms with Crippen LogP contribution in [0.4, 0.5) is 5.69 Å². The monoisotopic (exact) mass is 392 g/mol. The number of rotatable bonds is 4. The van der Waals surface area contributed by atoms with Crippen LogP contribution in [0.2, 0.25) is 10.0 Å². The van der Waals surface area contributed by atoms with Crippen LogP contribution < -0.4 is 0 Å². The van der Waals surface area contributed by atoms with Gasteiger partial charge in [0.1, 0.15) is 5.52 Å². The molecule has 0 aliphatic heterocycles. The molecule has 3 aromatic carbocycles. The van der Waals surface area contributed by atoms with Crippen LogP contribution in [0.3, 0.4) is 0 Å². The third-order valence-corrected chi connectivity index (χ3v) is 4.50. The summed E-state index contributed by atoms with van der Waals surface area (Å²) < 4.78 is 5.81. The number of benzene rings is 3. The third kappa shape index (κ3) is 4.11. The summed E-state index contributed by atoms with van der Waals surface area (Å²) in [4.78, 5) is 8.99. The van der Waals surface area contributed by atoms with Crippen molar-refractivity contribution in [2.75, 3.05) is 0 Å². The molecule has 0 aliphatic rings. The van der Waals surface area contributed by atoms with Gasteiger partial charge in [-0.1, -0.05) is 53.5 Å². The Balaban J connectivity index is 1.53. The van der Waals surface area contributed by atoms with E-state index < -0.39 is 0 Å². The number of aromatic nitrogens is 1. The van der Waals surface area contributed by atoms with Crippen LogP contribution in [0.5, 0.6) is 0 Å². The Kier molecular flexibility index (Phi) is 5.05. The van der Waals surface area contributed by atoms with E-state index in [0.717, 1.165) is 27.9 Å². The predicted octanol–water partition coefficient (Wildman–Crippen LogP) is 7.22. The number of nitrogens with zero attached hydrogens (tertiary/aromatic N) is 2. The van der Waals surface area contributed by atoms with Crippen molar-refractivity contribution in [3.63, 3.8) is 0 Å². The molecule has 0 spiro atoms. The van der Waals surface area contributed by atoms with Gasteiger partial charge in [0, 0.05) is 21.8 Å². The van der Waals surface area contributed by atoms with Gasteiger partial charge in [0.25, 0.3) is 0 Å². The van der Waals surface area contributed by atoms with Crippen molar-refractivity contribution in [1.29, 1.82) is 0 Å². The number of hydrogen-bond donors (Lipinski definition) is 0. The topological polar surface area (TPSA) is 38.4 Å². The fourth-order valence-electron chi connectivity index (χ4n) is 2.61. The van der Waals surface area contributed by atoms with Crippen LogP contribution in [-0.4, -0.2) is 11.2 Å². The first kappa shape index (κ1) is 17.5. The molecule has 3 nitrogen and oxygen atoms in total. The number of halogens is 2. The van der Waals surface area contributed by atoms with Crippen molar-refractivity contribution < 1.29 is 4.42 Å². The van der Waals surface area contributed by atoms with Crippen LogP contribution in [0.25, 0.3) is 28.6 Å². The highest BCUT2D eigenvalue weighted by Gasteiger charge is 2.07. The van der Waals surface area contributed by atoms with Gasteiger partial charge in [0.15, 0.2) is 5.58 Å². The fourth-order valence-corrected chi connectivity index (χ4v) is 3.08. The normalized spacial score (nSPS) is 11.8. The van der Waals surface area contributed by atoms with Crippen molar-refractivity contribution in [3.05, 3.63) is 88.4 Å². The maximum Gasteiger partial charge on any atom is 0.227 e. The zero-order valence-corrected chi connectivity index (χ0v) is 15.7. The second kappa shape index (κ2) is 7.78. The first-order valence-electron chi connectivity index (χ1n) is 8.31. The summed E-state index contributed by atoms with van der Waals surface area (Å²) in [6.07, 6.45) is 5.42. The van der Waals surface area contributed by atoms with Gasteiger partial charge in [-0.15, -0.1) is 0 Å². The van der Waals surface area contributed by atoms with Gasteiger partial charge >= 0.3 is 0 Å². The fraction of sp³-hybridized carbons (Fsp3) is 0. The van der Waals surface area contributed by atoms with E-state index in [4.69, 9.17) is 27.6 Å². The van der Waals surface area contributed by atoms with E-state index in [2.05, 4.69) is 9.98 Å². The quantitative estimate of drug-likeness (QED) is 0.343. The lowest BCUT2D eigenvalue weighted by molar-refractivity contribution is 0.620. The predicted molar refractivity (Wildman–Crippen MR) is 113 cm³/mol. The van der Waals surface area contributed by atoms with Gasteiger partial charge in [0.2, 0.25) is 5.89 Å². The molecule has 4 aromatic rings. The van der Waals surface area contributed by atoms with E-state index in [1.165, 1.54) is 0 Å². The number of fused-ring (bicyclic) bond motifs is 1. The van der Waals surface area contributed by atoms with Gasteiger partial charge in [-0.2, -0.15) is 0 Å². The van der Waals surface area contributed by atoms with Crippen LogP contribution >= 0.6 is 23.2 Å². The third-order valence-electron chi connectivity index (χ3n) is 3.94. The van der Waals surface area contributed by atoms with E-state index in [0.29, 0.717) is 15.9 Å². The largest absolute Gasteiger partial charge is 0.436 e. The summed E-state index contributed by atoms with van der Waals surface area (Å²) in [5.74, 6) is 0.601. The molecule has 0 radical (unpaired) electrons. The summed E-state index contributed by atoms with van der Waals surface area (Å²) >= 11 is 12.0. The molecule has 27 heavy (non-hydrogen) atoms. The minimum absolute atomic E-state index is 0.601. The first-order chi connectivity index (χ1) is 13.2. The maximum absolute atomic E-state index is 6.14. The first-order valence-corrected chi connectivity index (χ1v) is 9.06. The van der Waals surface area contributed by atoms with E-state index in [1.54, 1.807) is 18.3 Å². The van der Waals surface area contributed by atoms with Crippen molar-refractivity contribution in [2.24, 2.45) is 4.99 Å². The maximum atomic E-state index is 6.14. The van der Waals surface area contributed by atoms with E-state index in [-0.39, 0.29) is 0 Å². The van der Waals surface area contributed by atoms with Crippen LogP contribution in [0.15, 0.2) is 82.2 Å². The number of oxazole rings is 1. The Bertz CT molecular complexity index is 1150. The lowest BCUT2D eigenvalue weighted by Gasteiger charge is -1.97. The summed E-state index contributed by atoms with van der Waals surface area (Å²) in [6.45, 7) is 0. The van der Waals surface area contributed by atoms with Gasteiger partial charge in [-0.3, -0.25) is 4.99 Å². The molecular formula is C22H14Cl2N2O. The van der Waals surface area contributed by atoms with Crippen molar-refractivity contribution in [3.8, 4) is 11.5 Å². The molecule has 4 rings (SSSR count). The van der Waals surface area contributed by atoms with Crippen molar-refractivity contribution >= 4 is 52.3 Å². The van der Waals surface area contributed by atoms with Crippen LogP contribution in [-0.2, 0) is 0 Å². The summed E-state index contributed by atoms with van der Waals surface area (Å²) in [5, 5.41) is 1.21. The highest BCUT2D eigenvalue weighted by atomic mass is 35.5. The highest BCUT2D eigenvalue weighted by Crippen LogP contribution is 2.27. The molecule has 132 valence electrons. The van der Waals surface area contributed by atoms with Gasteiger partial charge in [-0.05, 0) is 54.1 Å². The number of hydrogen-bond acceptors (Lipinski definition) is 3. The van der Waals surface area contributed by atoms with Crippen molar-refractivity contribution in [1.82, 2.24) is 4.98 Å². The lowest BCUT2D eigenvalue weighted by atomic mass is 10.2. The molecule has 0 saturated carbocycles. The minimum atomic E-state index is 0.601. The van der Waals surface area contributed by atoms with E-state index in [1.807, 2.05) is 66.7 Å². The molecule has 1 aromatic heterocycles. The molecular weight excluding hydrogens is 379 g/mol.